The Balaban J connectivity index is 1.88. The monoisotopic (exact) mass is 353 g/mol. The van der Waals surface area contributed by atoms with Crippen LogP contribution in [0, 0.1) is 0 Å². The van der Waals surface area contributed by atoms with Crippen molar-refractivity contribution in [2.75, 3.05) is 11.9 Å². The second-order valence-electron chi connectivity index (χ2n) is 4.83. The third-order valence-corrected chi connectivity index (χ3v) is 3.94. The van der Waals surface area contributed by atoms with Gasteiger partial charge in [-0.25, -0.2) is 9.67 Å². The minimum absolute atomic E-state index is 0.0805. The van der Waals surface area contributed by atoms with E-state index in [9.17, 15) is 4.79 Å². The third-order valence-electron chi connectivity index (χ3n) is 3.18. The van der Waals surface area contributed by atoms with Crippen molar-refractivity contribution in [1.82, 2.24) is 19.3 Å². The number of aromatic nitrogens is 4. The van der Waals surface area contributed by atoms with Gasteiger partial charge in [0.2, 0.25) is 0 Å². The Morgan fingerprint density at radius 3 is 2.90 bits per heavy atom. The predicted molar refractivity (Wildman–Crippen MR) is 86.4 cm³/mol. The Morgan fingerprint density at radius 2 is 2.19 bits per heavy atom. The second kappa shape index (κ2) is 7.97. The molecule has 0 aliphatic heterocycles. The summed E-state index contributed by atoms with van der Waals surface area (Å²) in [5, 5.41) is 7.44. The van der Waals surface area contributed by atoms with E-state index < -0.39 is 0 Å². The number of nitrogens with zero attached hydrogens (tertiary/aromatic N) is 4. The molecule has 114 valence electrons. The molecule has 6 nitrogen and oxygen atoms in total. The average Bonchev–Trinajstić information content (AvgIpc) is 3.00. The first kappa shape index (κ1) is 15.8. The molecule has 2 heterocycles. The molecule has 1 N–H and O–H groups in total. The normalized spacial score (nSPS) is 10.8. The van der Waals surface area contributed by atoms with Gasteiger partial charge in [0.05, 0.1) is 18.2 Å². The molecule has 0 saturated heterocycles. The van der Waals surface area contributed by atoms with Gasteiger partial charge in [0.1, 0.15) is 4.47 Å². The molecule has 0 amide bonds. The van der Waals surface area contributed by atoms with E-state index in [1.807, 2.05) is 10.8 Å². The molecule has 0 unspecified atom stereocenters. The highest BCUT2D eigenvalue weighted by Crippen LogP contribution is 2.16. The van der Waals surface area contributed by atoms with Crippen LogP contribution < -0.4 is 10.9 Å². The fraction of sp³-hybridized carbons (Fsp3) is 0.500. The van der Waals surface area contributed by atoms with Gasteiger partial charge in [-0.3, -0.25) is 4.79 Å². The van der Waals surface area contributed by atoms with Gasteiger partial charge in [-0.2, -0.15) is 5.10 Å². The zero-order valence-electron chi connectivity index (χ0n) is 12.1. The lowest BCUT2D eigenvalue weighted by Gasteiger charge is -2.10. The summed E-state index contributed by atoms with van der Waals surface area (Å²) in [4.78, 5) is 16.1. The number of rotatable bonds is 8. The highest BCUT2D eigenvalue weighted by molar-refractivity contribution is 9.10. The standard InChI is InChI=1S/C14H20BrN5O/c1-2-3-8-20-14(21)13(15)12(10-18-20)17-5-4-7-19-9-6-16-11-19/h6,9-11,17H,2-5,7-8H2,1H3. The number of imidazole rings is 1. The maximum absolute atomic E-state index is 12.1. The van der Waals surface area contributed by atoms with Gasteiger partial charge >= 0.3 is 0 Å². The Kier molecular flexibility index (Phi) is 5.98. The lowest BCUT2D eigenvalue weighted by Crippen LogP contribution is -2.24. The summed E-state index contributed by atoms with van der Waals surface area (Å²) in [6.07, 6.45) is 10.2. The van der Waals surface area contributed by atoms with Gasteiger partial charge in [0.15, 0.2) is 0 Å². The molecule has 7 heteroatoms. The number of anilines is 1. The molecule has 0 bridgehead atoms. The third kappa shape index (κ3) is 4.42. The van der Waals surface area contributed by atoms with Crippen molar-refractivity contribution in [2.45, 2.75) is 39.3 Å². The van der Waals surface area contributed by atoms with E-state index in [1.54, 1.807) is 18.7 Å². The Morgan fingerprint density at radius 1 is 1.33 bits per heavy atom. The van der Waals surface area contributed by atoms with Gasteiger partial charge < -0.3 is 9.88 Å². The topological polar surface area (TPSA) is 64.7 Å². The average molecular weight is 354 g/mol. The van der Waals surface area contributed by atoms with Crippen molar-refractivity contribution in [1.29, 1.82) is 0 Å². The Bertz CT molecular complexity index is 608. The molecule has 2 aromatic rings. The van der Waals surface area contributed by atoms with E-state index >= 15 is 0 Å². The SMILES string of the molecule is CCCCn1ncc(NCCCn2ccnc2)c(Br)c1=O. The first-order valence-corrected chi connectivity index (χ1v) is 7.97. The van der Waals surface area contributed by atoms with Crippen LogP contribution >= 0.6 is 15.9 Å². The van der Waals surface area contributed by atoms with Crippen molar-refractivity contribution in [3.63, 3.8) is 0 Å². The lowest BCUT2D eigenvalue weighted by molar-refractivity contribution is 0.541. The zero-order valence-corrected chi connectivity index (χ0v) is 13.7. The second-order valence-corrected chi connectivity index (χ2v) is 5.63. The predicted octanol–water partition coefficient (Wildman–Crippen LogP) is 2.50. The molecule has 21 heavy (non-hydrogen) atoms. The van der Waals surface area contributed by atoms with Crippen LogP contribution in [0.5, 0.6) is 0 Å². The molecular weight excluding hydrogens is 334 g/mol. The first-order chi connectivity index (χ1) is 10.2. The molecular formula is C14H20BrN5O. The summed E-state index contributed by atoms with van der Waals surface area (Å²) in [6, 6.07) is 0. The molecule has 0 saturated carbocycles. The van der Waals surface area contributed by atoms with Gasteiger partial charge in [-0.05, 0) is 28.8 Å². The first-order valence-electron chi connectivity index (χ1n) is 7.17. The maximum Gasteiger partial charge on any atom is 0.283 e. The number of nitrogens with one attached hydrogen (secondary N) is 1. The summed E-state index contributed by atoms with van der Waals surface area (Å²) in [5.74, 6) is 0. The minimum Gasteiger partial charge on any atom is -0.383 e. The van der Waals surface area contributed by atoms with E-state index in [0.717, 1.165) is 38.0 Å². The van der Waals surface area contributed by atoms with Crippen molar-refractivity contribution in [3.8, 4) is 0 Å². The van der Waals surface area contributed by atoms with Crippen molar-refractivity contribution in [2.24, 2.45) is 0 Å². The number of hydrogen-bond donors (Lipinski definition) is 1. The number of aryl methyl sites for hydroxylation is 2. The van der Waals surface area contributed by atoms with E-state index in [-0.39, 0.29) is 5.56 Å². The van der Waals surface area contributed by atoms with Crippen LogP contribution in [0.1, 0.15) is 26.2 Å². The maximum atomic E-state index is 12.1. The molecule has 0 aliphatic rings. The van der Waals surface area contributed by atoms with Gasteiger partial charge in [-0.15, -0.1) is 0 Å². The number of halogens is 1. The molecule has 0 radical (unpaired) electrons. The zero-order chi connectivity index (χ0) is 15.1. The summed E-state index contributed by atoms with van der Waals surface area (Å²) in [7, 11) is 0. The molecule has 2 rings (SSSR count). The van der Waals surface area contributed by atoms with Crippen molar-refractivity contribution >= 4 is 21.6 Å². The number of unbranched alkanes of at least 4 members (excludes halogenated alkanes) is 1. The van der Waals surface area contributed by atoms with Crippen LogP contribution in [0.15, 0.2) is 34.2 Å². The summed E-state index contributed by atoms with van der Waals surface area (Å²) in [6.45, 7) is 4.42. The highest BCUT2D eigenvalue weighted by Gasteiger charge is 2.07. The van der Waals surface area contributed by atoms with E-state index in [1.165, 1.54) is 4.68 Å². The lowest BCUT2D eigenvalue weighted by atomic mass is 10.3. The highest BCUT2D eigenvalue weighted by atomic mass is 79.9. The van der Waals surface area contributed by atoms with Crippen LogP contribution in [0.3, 0.4) is 0 Å². The minimum atomic E-state index is -0.0805. The van der Waals surface area contributed by atoms with Crippen LogP contribution in [0.4, 0.5) is 5.69 Å². The van der Waals surface area contributed by atoms with Gasteiger partial charge in [0.25, 0.3) is 5.56 Å². The molecule has 0 atom stereocenters. The van der Waals surface area contributed by atoms with E-state index in [4.69, 9.17) is 0 Å². The molecule has 0 fully saturated rings. The van der Waals surface area contributed by atoms with Crippen LogP contribution in [0.2, 0.25) is 0 Å². The summed E-state index contributed by atoms with van der Waals surface area (Å²) < 4.78 is 4.08. The molecule has 0 aromatic carbocycles. The fourth-order valence-electron chi connectivity index (χ4n) is 1.96. The molecule has 0 aliphatic carbocycles. The van der Waals surface area contributed by atoms with Crippen LogP contribution in [-0.4, -0.2) is 25.9 Å². The van der Waals surface area contributed by atoms with Gasteiger partial charge in [0, 0.05) is 32.0 Å². The quantitative estimate of drug-likeness (QED) is 0.740. The summed E-state index contributed by atoms with van der Waals surface area (Å²) in [5.41, 5.74) is 0.668. The van der Waals surface area contributed by atoms with E-state index in [2.05, 4.69) is 38.3 Å². The smallest absolute Gasteiger partial charge is 0.283 e. The molecule has 2 aromatic heterocycles. The van der Waals surface area contributed by atoms with Crippen molar-refractivity contribution in [3.05, 3.63) is 39.7 Å². The van der Waals surface area contributed by atoms with Crippen molar-refractivity contribution < 1.29 is 0 Å². The Hall–Kier alpha value is -1.63. The number of hydrogen-bond acceptors (Lipinski definition) is 4. The van der Waals surface area contributed by atoms with Gasteiger partial charge in [-0.1, -0.05) is 13.3 Å². The fourth-order valence-corrected chi connectivity index (χ4v) is 2.41. The molecule has 0 spiro atoms. The summed E-state index contributed by atoms with van der Waals surface area (Å²) >= 11 is 3.36. The van der Waals surface area contributed by atoms with Crippen LogP contribution in [0.25, 0.3) is 0 Å². The largest absolute Gasteiger partial charge is 0.383 e. The van der Waals surface area contributed by atoms with Crippen LogP contribution in [-0.2, 0) is 13.1 Å². The van der Waals surface area contributed by atoms with E-state index in [0.29, 0.717) is 11.0 Å². The Labute approximate surface area is 132 Å².